The number of pyridine rings is 1. The monoisotopic (exact) mass is 453 g/mol. The average molecular weight is 454 g/mol. The van der Waals surface area contributed by atoms with E-state index in [1.165, 1.54) is 4.31 Å². The van der Waals surface area contributed by atoms with Crippen molar-refractivity contribution in [1.29, 1.82) is 0 Å². The zero-order chi connectivity index (χ0) is 23.1. The van der Waals surface area contributed by atoms with Gasteiger partial charge in [-0.1, -0.05) is 17.7 Å². The number of hydrogen-bond acceptors (Lipinski definition) is 5. The standard InChI is InChI=1S/C24H27N3O4S/c1-18-4-9-23(19(2)16-18)32(29,30)27(21-5-7-22(31-3)8-6-21)15-12-24(28)26-17-20-10-13-25-14-11-20/h4-11,13-14,16H,12,15,17H2,1-3H3,(H,26,28). The molecule has 0 spiro atoms. The maximum Gasteiger partial charge on any atom is 0.264 e. The van der Waals surface area contributed by atoms with Gasteiger partial charge in [-0.2, -0.15) is 0 Å². The lowest BCUT2D eigenvalue weighted by atomic mass is 10.2. The summed E-state index contributed by atoms with van der Waals surface area (Å²) >= 11 is 0. The van der Waals surface area contributed by atoms with E-state index in [1.54, 1.807) is 62.8 Å². The van der Waals surface area contributed by atoms with Gasteiger partial charge in [0.15, 0.2) is 0 Å². The second-order valence-corrected chi connectivity index (χ2v) is 9.26. The third-order valence-corrected chi connectivity index (χ3v) is 7.03. The highest BCUT2D eigenvalue weighted by Crippen LogP contribution is 2.28. The number of amides is 1. The molecular formula is C24H27N3O4S. The van der Waals surface area contributed by atoms with Crippen LogP contribution in [0.2, 0.25) is 0 Å². The molecule has 7 nitrogen and oxygen atoms in total. The SMILES string of the molecule is COc1ccc(N(CCC(=O)NCc2ccncc2)S(=O)(=O)c2ccc(C)cc2C)cc1. The Morgan fingerprint density at radius 3 is 2.34 bits per heavy atom. The summed E-state index contributed by atoms with van der Waals surface area (Å²) in [4.78, 5) is 16.6. The lowest BCUT2D eigenvalue weighted by Crippen LogP contribution is -2.35. The van der Waals surface area contributed by atoms with Crippen LogP contribution in [0.5, 0.6) is 5.75 Å². The Hall–Kier alpha value is -3.39. The summed E-state index contributed by atoms with van der Waals surface area (Å²) in [6, 6.07) is 15.6. The topological polar surface area (TPSA) is 88.6 Å². The fourth-order valence-electron chi connectivity index (χ4n) is 3.34. The molecule has 0 saturated heterocycles. The minimum atomic E-state index is -3.88. The number of carbonyl (C=O) groups is 1. The van der Waals surface area contributed by atoms with Crippen LogP contribution in [0.25, 0.3) is 0 Å². The largest absolute Gasteiger partial charge is 0.497 e. The number of ether oxygens (including phenoxy) is 1. The number of nitrogens with zero attached hydrogens (tertiary/aromatic N) is 2. The van der Waals surface area contributed by atoms with Crippen molar-refractivity contribution in [2.75, 3.05) is 18.0 Å². The molecule has 0 unspecified atom stereocenters. The van der Waals surface area contributed by atoms with Crippen LogP contribution in [0.4, 0.5) is 5.69 Å². The predicted octanol–water partition coefficient (Wildman–Crippen LogP) is 3.61. The van der Waals surface area contributed by atoms with Gasteiger partial charge in [-0.3, -0.25) is 14.1 Å². The number of methoxy groups -OCH3 is 1. The van der Waals surface area contributed by atoms with Crippen molar-refractivity contribution in [2.45, 2.75) is 31.7 Å². The van der Waals surface area contributed by atoms with Crippen molar-refractivity contribution in [2.24, 2.45) is 0 Å². The highest BCUT2D eigenvalue weighted by molar-refractivity contribution is 7.92. The van der Waals surface area contributed by atoms with E-state index in [4.69, 9.17) is 4.74 Å². The van der Waals surface area contributed by atoms with E-state index in [9.17, 15) is 13.2 Å². The van der Waals surface area contributed by atoms with Crippen LogP contribution < -0.4 is 14.4 Å². The maximum atomic E-state index is 13.6. The van der Waals surface area contributed by atoms with Crippen molar-refractivity contribution in [3.8, 4) is 5.75 Å². The van der Waals surface area contributed by atoms with Crippen molar-refractivity contribution in [3.63, 3.8) is 0 Å². The van der Waals surface area contributed by atoms with E-state index >= 15 is 0 Å². The van der Waals surface area contributed by atoms with E-state index in [2.05, 4.69) is 10.3 Å². The Kier molecular flexibility index (Phi) is 7.48. The molecule has 32 heavy (non-hydrogen) atoms. The highest BCUT2D eigenvalue weighted by atomic mass is 32.2. The van der Waals surface area contributed by atoms with Crippen LogP contribution >= 0.6 is 0 Å². The molecule has 0 atom stereocenters. The molecule has 168 valence electrons. The fourth-order valence-corrected chi connectivity index (χ4v) is 5.01. The zero-order valence-electron chi connectivity index (χ0n) is 18.4. The molecule has 0 radical (unpaired) electrons. The van der Waals surface area contributed by atoms with Gasteiger partial charge in [0, 0.05) is 31.9 Å². The third-order valence-electron chi connectivity index (χ3n) is 5.04. The Labute approximate surface area is 189 Å². The van der Waals surface area contributed by atoms with E-state index in [1.807, 2.05) is 25.1 Å². The van der Waals surface area contributed by atoms with Crippen molar-refractivity contribution in [3.05, 3.63) is 83.7 Å². The summed E-state index contributed by atoms with van der Waals surface area (Å²) in [7, 11) is -2.33. The van der Waals surface area contributed by atoms with E-state index in [0.717, 1.165) is 11.1 Å². The molecule has 0 fully saturated rings. The smallest absolute Gasteiger partial charge is 0.264 e. The van der Waals surface area contributed by atoms with Gasteiger partial charge in [0.2, 0.25) is 5.91 Å². The molecule has 0 saturated carbocycles. The van der Waals surface area contributed by atoms with Crippen LogP contribution in [0.15, 0.2) is 71.9 Å². The Bertz CT molecular complexity index is 1160. The molecule has 0 bridgehead atoms. The minimum Gasteiger partial charge on any atom is -0.497 e. The second-order valence-electron chi connectivity index (χ2n) is 7.43. The van der Waals surface area contributed by atoms with Crippen molar-refractivity contribution < 1.29 is 17.9 Å². The van der Waals surface area contributed by atoms with Gasteiger partial charge >= 0.3 is 0 Å². The summed E-state index contributed by atoms with van der Waals surface area (Å²) < 4.78 is 33.6. The van der Waals surface area contributed by atoms with Gasteiger partial charge in [0.1, 0.15) is 5.75 Å². The Morgan fingerprint density at radius 1 is 1.03 bits per heavy atom. The molecule has 0 aliphatic carbocycles. The summed E-state index contributed by atoms with van der Waals surface area (Å²) in [6.07, 6.45) is 3.33. The van der Waals surface area contributed by atoms with Gasteiger partial charge in [-0.05, 0) is 67.4 Å². The summed E-state index contributed by atoms with van der Waals surface area (Å²) in [5.74, 6) is 0.379. The van der Waals surface area contributed by atoms with Crippen LogP contribution in [0, 0.1) is 13.8 Å². The van der Waals surface area contributed by atoms with Gasteiger partial charge < -0.3 is 10.1 Å². The third kappa shape index (κ3) is 5.64. The number of rotatable bonds is 9. The van der Waals surface area contributed by atoms with E-state index < -0.39 is 10.0 Å². The van der Waals surface area contributed by atoms with Crippen molar-refractivity contribution >= 4 is 21.6 Å². The lowest BCUT2D eigenvalue weighted by molar-refractivity contribution is -0.121. The maximum absolute atomic E-state index is 13.6. The fraction of sp³-hybridized carbons (Fsp3) is 0.250. The first-order chi connectivity index (χ1) is 15.3. The number of sulfonamides is 1. The summed E-state index contributed by atoms with van der Waals surface area (Å²) in [5, 5.41) is 2.83. The molecule has 3 aromatic rings. The minimum absolute atomic E-state index is 0.00412. The molecule has 0 aliphatic heterocycles. The van der Waals surface area contributed by atoms with E-state index in [0.29, 0.717) is 23.5 Å². The van der Waals surface area contributed by atoms with Gasteiger partial charge in [0.05, 0.1) is 17.7 Å². The predicted molar refractivity (Wildman–Crippen MR) is 124 cm³/mol. The lowest BCUT2D eigenvalue weighted by Gasteiger charge is -2.25. The number of anilines is 1. The van der Waals surface area contributed by atoms with Crippen LogP contribution in [-0.2, 0) is 21.4 Å². The molecule has 2 aromatic carbocycles. The quantitative estimate of drug-likeness (QED) is 0.535. The zero-order valence-corrected chi connectivity index (χ0v) is 19.2. The Morgan fingerprint density at radius 2 is 1.72 bits per heavy atom. The first-order valence-electron chi connectivity index (χ1n) is 10.2. The number of benzene rings is 2. The molecule has 8 heteroatoms. The molecule has 1 heterocycles. The van der Waals surface area contributed by atoms with Crippen molar-refractivity contribution in [1.82, 2.24) is 10.3 Å². The average Bonchev–Trinajstić information content (AvgIpc) is 2.78. The number of nitrogens with one attached hydrogen (secondary N) is 1. The molecular weight excluding hydrogens is 426 g/mol. The molecule has 3 rings (SSSR count). The Balaban J connectivity index is 1.82. The van der Waals surface area contributed by atoms with Gasteiger partial charge in [-0.15, -0.1) is 0 Å². The normalized spacial score (nSPS) is 11.1. The number of carbonyl (C=O) groups excluding carboxylic acids is 1. The number of hydrogen-bond donors (Lipinski definition) is 1. The summed E-state index contributed by atoms with van der Waals surface area (Å²) in [6.45, 7) is 4.04. The number of aromatic nitrogens is 1. The van der Waals surface area contributed by atoms with Crippen LogP contribution in [-0.4, -0.2) is 33.0 Å². The van der Waals surface area contributed by atoms with Gasteiger partial charge in [0.25, 0.3) is 10.0 Å². The van der Waals surface area contributed by atoms with Crippen LogP contribution in [0.1, 0.15) is 23.1 Å². The van der Waals surface area contributed by atoms with Gasteiger partial charge in [-0.25, -0.2) is 8.42 Å². The first kappa shape index (κ1) is 23.3. The second kappa shape index (κ2) is 10.3. The van der Waals surface area contributed by atoms with E-state index in [-0.39, 0.29) is 23.8 Å². The highest BCUT2D eigenvalue weighted by Gasteiger charge is 2.27. The first-order valence-corrected chi connectivity index (χ1v) is 11.6. The number of aryl methyl sites for hydroxylation is 2. The van der Waals surface area contributed by atoms with Crippen LogP contribution in [0.3, 0.4) is 0 Å². The molecule has 1 aromatic heterocycles. The molecule has 1 amide bonds. The summed E-state index contributed by atoms with van der Waals surface area (Å²) in [5.41, 5.74) is 3.02. The molecule has 0 aliphatic rings. The molecule has 1 N–H and O–H groups in total.